The lowest BCUT2D eigenvalue weighted by atomic mass is 10.00. The number of imidazole rings is 1. The van der Waals surface area contributed by atoms with Crippen LogP contribution in [0.1, 0.15) is 25.8 Å². The van der Waals surface area contributed by atoms with E-state index in [2.05, 4.69) is 21.8 Å². The van der Waals surface area contributed by atoms with Crippen molar-refractivity contribution in [1.29, 1.82) is 0 Å². The first kappa shape index (κ1) is 19.2. The van der Waals surface area contributed by atoms with E-state index in [4.69, 9.17) is 11.6 Å². The molecule has 2 aromatic rings. The quantitative estimate of drug-likeness (QED) is 0.848. The summed E-state index contributed by atoms with van der Waals surface area (Å²) >= 11 is 6.15. The van der Waals surface area contributed by atoms with E-state index in [0.29, 0.717) is 17.1 Å². The zero-order valence-corrected chi connectivity index (χ0v) is 14.5. The maximum atomic E-state index is 13.2. The van der Waals surface area contributed by atoms with E-state index < -0.39 is 0 Å². The summed E-state index contributed by atoms with van der Waals surface area (Å²) in [7, 11) is 0. The Morgan fingerprint density at radius 1 is 1.36 bits per heavy atom. The molecular formula is C15H19Cl3FN3. The minimum atomic E-state index is -0.327. The molecule has 7 heteroatoms. The SMILES string of the molecule is C[C@H]1C[C@H](n2ccnc2-c2ccc(F)cc2Cl)CCN1.Cl.Cl. The van der Waals surface area contributed by atoms with Gasteiger partial charge < -0.3 is 9.88 Å². The van der Waals surface area contributed by atoms with Crippen LogP contribution in [0.5, 0.6) is 0 Å². The first-order valence-electron chi connectivity index (χ1n) is 6.87. The van der Waals surface area contributed by atoms with Crippen molar-refractivity contribution in [2.45, 2.75) is 31.8 Å². The van der Waals surface area contributed by atoms with Gasteiger partial charge in [0.05, 0.1) is 5.02 Å². The molecule has 0 radical (unpaired) electrons. The van der Waals surface area contributed by atoms with Gasteiger partial charge in [-0.25, -0.2) is 9.37 Å². The van der Waals surface area contributed by atoms with Gasteiger partial charge in [0.1, 0.15) is 11.6 Å². The molecule has 1 aromatic heterocycles. The third kappa shape index (κ3) is 3.93. The Morgan fingerprint density at radius 3 is 2.82 bits per heavy atom. The Morgan fingerprint density at radius 2 is 2.14 bits per heavy atom. The molecule has 122 valence electrons. The number of rotatable bonds is 2. The summed E-state index contributed by atoms with van der Waals surface area (Å²) in [6.07, 6.45) is 5.88. The number of nitrogens with zero attached hydrogens (tertiary/aromatic N) is 2. The van der Waals surface area contributed by atoms with Gasteiger partial charge in [0.2, 0.25) is 0 Å². The van der Waals surface area contributed by atoms with Gasteiger partial charge in [0, 0.05) is 30.0 Å². The number of halogens is 4. The summed E-state index contributed by atoms with van der Waals surface area (Å²) < 4.78 is 15.3. The van der Waals surface area contributed by atoms with Crippen LogP contribution in [0, 0.1) is 5.82 Å². The second-order valence-corrected chi connectivity index (χ2v) is 5.72. The number of piperidine rings is 1. The van der Waals surface area contributed by atoms with Crippen molar-refractivity contribution in [1.82, 2.24) is 14.9 Å². The molecule has 1 aliphatic heterocycles. The largest absolute Gasteiger partial charge is 0.328 e. The number of aromatic nitrogens is 2. The molecule has 1 N–H and O–H groups in total. The van der Waals surface area contributed by atoms with Crippen LogP contribution in [0.25, 0.3) is 11.4 Å². The second-order valence-electron chi connectivity index (χ2n) is 5.32. The van der Waals surface area contributed by atoms with Crippen molar-refractivity contribution in [3.05, 3.63) is 41.4 Å². The lowest BCUT2D eigenvalue weighted by Gasteiger charge is -2.30. The summed E-state index contributed by atoms with van der Waals surface area (Å²) in [6, 6.07) is 5.35. The number of hydrogen-bond acceptors (Lipinski definition) is 2. The maximum absolute atomic E-state index is 13.2. The van der Waals surface area contributed by atoms with Crippen molar-refractivity contribution in [3.8, 4) is 11.4 Å². The van der Waals surface area contributed by atoms with Gasteiger partial charge in [-0.1, -0.05) is 11.6 Å². The van der Waals surface area contributed by atoms with Gasteiger partial charge in [-0.3, -0.25) is 0 Å². The molecule has 2 atom stereocenters. The Labute approximate surface area is 147 Å². The molecule has 0 bridgehead atoms. The zero-order chi connectivity index (χ0) is 14.1. The predicted molar refractivity (Wildman–Crippen MR) is 92.9 cm³/mol. The highest BCUT2D eigenvalue weighted by Gasteiger charge is 2.22. The van der Waals surface area contributed by atoms with Gasteiger partial charge in [-0.15, -0.1) is 24.8 Å². The number of hydrogen-bond donors (Lipinski definition) is 1. The van der Waals surface area contributed by atoms with Gasteiger partial charge in [0.25, 0.3) is 0 Å². The fourth-order valence-corrected chi connectivity index (χ4v) is 3.10. The average molecular weight is 367 g/mol. The van der Waals surface area contributed by atoms with Crippen molar-refractivity contribution < 1.29 is 4.39 Å². The normalized spacial score (nSPS) is 20.9. The van der Waals surface area contributed by atoms with Crippen LogP contribution < -0.4 is 5.32 Å². The van der Waals surface area contributed by atoms with Crippen LogP contribution >= 0.6 is 36.4 Å². The van der Waals surface area contributed by atoms with Crippen LogP contribution in [-0.2, 0) is 0 Å². The summed E-state index contributed by atoms with van der Waals surface area (Å²) in [6.45, 7) is 3.19. The Balaban J connectivity index is 0.00000121. The highest BCUT2D eigenvalue weighted by molar-refractivity contribution is 6.33. The van der Waals surface area contributed by atoms with Gasteiger partial charge >= 0.3 is 0 Å². The molecule has 3 nitrogen and oxygen atoms in total. The molecule has 1 saturated heterocycles. The fourth-order valence-electron chi connectivity index (χ4n) is 2.85. The second kappa shape index (κ2) is 8.16. The van der Waals surface area contributed by atoms with Crippen molar-refractivity contribution in [2.24, 2.45) is 0 Å². The molecule has 3 rings (SSSR count). The molecule has 0 aliphatic carbocycles. The summed E-state index contributed by atoms with van der Waals surface area (Å²) in [5.74, 6) is 0.487. The van der Waals surface area contributed by atoms with E-state index in [0.717, 1.165) is 30.8 Å². The fraction of sp³-hybridized carbons (Fsp3) is 0.400. The third-order valence-electron chi connectivity index (χ3n) is 3.83. The number of benzene rings is 1. The minimum Gasteiger partial charge on any atom is -0.328 e. The van der Waals surface area contributed by atoms with E-state index in [1.54, 1.807) is 12.3 Å². The average Bonchev–Trinajstić information content (AvgIpc) is 2.87. The molecule has 0 unspecified atom stereocenters. The van der Waals surface area contributed by atoms with E-state index in [1.165, 1.54) is 12.1 Å². The van der Waals surface area contributed by atoms with E-state index in [-0.39, 0.29) is 30.6 Å². The van der Waals surface area contributed by atoms with Crippen molar-refractivity contribution in [2.75, 3.05) is 6.54 Å². The first-order chi connectivity index (χ1) is 9.65. The van der Waals surface area contributed by atoms with Crippen LogP contribution in [0.4, 0.5) is 4.39 Å². The van der Waals surface area contributed by atoms with Crippen molar-refractivity contribution in [3.63, 3.8) is 0 Å². The smallest absolute Gasteiger partial charge is 0.141 e. The summed E-state index contributed by atoms with van der Waals surface area (Å²) in [5.41, 5.74) is 0.782. The molecule has 1 fully saturated rings. The lowest BCUT2D eigenvalue weighted by Crippen LogP contribution is -2.36. The van der Waals surface area contributed by atoms with E-state index in [1.807, 2.05) is 6.20 Å². The van der Waals surface area contributed by atoms with Crippen molar-refractivity contribution >= 4 is 36.4 Å². The Bertz CT molecular complexity index is 618. The Kier molecular flexibility index (Phi) is 7.13. The molecule has 0 saturated carbocycles. The third-order valence-corrected chi connectivity index (χ3v) is 4.14. The van der Waals surface area contributed by atoms with E-state index >= 15 is 0 Å². The van der Waals surface area contributed by atoms with Crippen LogP contribution in [-0.4, -0.2) is 22.1 Å². The van der Waals surface area contributed by atoms with Crippen LogP contribution in [0.15, 0.2) is 30.6 Å². The Hall–Kier alpha value is -0.810. The van der Waals surface area contributed by atoms with Gasteiger partial charge in [-0.05, 0) is 44.5 Å². The maximum Gasteiger partial charge on any atom is 0.141 e. The summed E-state index contributed by atoms with van der Waals surface area (Å²) in [4.78, 5) is 4.41. The van der Waals surface area contributed by atoms with E-state index in [9.17, 15) is 4.39 Å². The molecular weight excluding hydrogens is 348 g/mol. The van der Waals surface area contributed by atoms with Crippen LogP contribution in [0.2, 0.25) is 5.02 Å². The molecule has 1 aromatic carbocycles. The lowest BCUT2D eigenvalue weighted by molar-refractivity contribution is 0.315. The first-order valence-corrected chi connectivity index (χ1v) is 7.24. The van der Waals surface area contributed by atoms with Gasteiger partial charge in [0.15, 0.2) is 0 Å². The predicted octanol–water partition coefficient (Wildman–Crippen LogP) is 4.50. The zero-order valence-electron chi connectivity index (χ0n) is 12.1. The molecule has 0 spiro atoms. The molecule has 2 heterocycles. The minimum absolute atomic E-state index is 0. The standard InChI is InChI=1S/C15H17ClFN3.2ClH/c1-10-8-12(4-5-18-10)20-7-6-19-15(20)13-3-2-11(17)9-14(13)16;;/h2-3,6-7,9-10,12,18H,4-5,8H2,1H3;2*1H/t10-,12+;;/m0../s1. The van der Waals surface area contributed by atoms with Crippen LogP contribution in [0.3, 0.4) is 0 Å². The topological polar surface area (TPSA) is 29.9 Å². The molecule has 1 aliphatic rings. The highest BCUT2D eigenvalue weighted by atomic mass is 35.5. The summed E-state index contributed by atoms with van der Waals surface area (Å²) in [5, 5.41) is 3.84. The van der Waals surface area contributed by atoms with Gasteiger partial charge in [-0.2, -0.15) is 0 Å². The molecule has 0 amide bonds. The highest BCUT2D eigenvalue weighted by Crippen LogP contribution is 2.32. The monoisotopic (exact) mass is 365 g/mol. The number of nitrogens with one attached hydrogen (secondary N) is 1. The molecule has 22 heavy (non-hydrogen) atoms.